The van der Waals surface area contributed by atoms with Crippen LogP contribution in [-0.2, 0) is 14.8 Å². The standard InChI is InChI=1S/C20H16N4O4S2/c25-19(13-28-16-5-8-18-14(12-16)2-1-9-21-18)23-15-3-6-17(7-4-15)30(26,27)24-20-22-10-11-29-20/h1-12H,13H2,(H,22,24)(H,23,25). The quantitative estimate of drug-likeness (QED) is 0.455. The smallest absolute Gasteiger partial charge is 0.263 e. The molecule has 0 aliphatic carbocycles. The number of hydrogen-bond acceptors (Lipinski definition) is 7. The van der Waals surface area contributed by atoms with Crippen molar-refractivity contribution >= 4 is 49.0 Å². The van der Waals surface area contributed by atoms with Crippen molar-refractivity contribution < 1.29 is 17.9 Å². The lowest BCUT2D eigenvalue weighted by atomic mass is 10.2. The molecule has 0 atom stereocenters. The zero-order valence-electron chi connectivity index (χ0n) is 15.5. The molecule has 0 spiro atoms. The summed E-state index contributed by atoms with van der Waals surface area (Å²) in [5, 5.41) is 5.55. The summed E-state index contributed by atoms with van der Waals surface area (Å²) in [7, 11) is -3.74. The number of ether oxygens (including phenoxy) is 1. The molecule has 0 radical (unpaired) electrons. The minimum absolute atomic E-state index is 0.0664. The number of fused-ring (bicyclic) bond motifs is 1. The first-order valence-corrected chi connectivity index (χ1v) is 11.2. The Kier molecular flexibility index (Phi) is 5.59. The number of anilines is 2. The number of pyridine rings is 1. The SMILES string of the molecule is O=C(COc1ccc2ncccc2c1)Nc1ccc(S(=O)(=O)Nc2nccs2)cc1. The van der Waals surface area contributed by atoms with Crippen LogP contribution in [0.1, 0.15) is 0 Å². The Labute approximate surface area is 176 Å². The van der Waals surface area contributed by atoms with Gasteiger partial charge in [0.25, 0.3) is 15.9 Å². The lowest BCUT2D eigenvalue weighted by Crippen LogP contribution is -2.20. The van der Waals surface area contributed by atoms with Crippen LogP contribution in [0.2, 0.25) is 0 Å². The molecule has 10 heteroatoms. The predicted octanol–water partition coefficient (Wildman–Crippen LogP) is 3.51. The van der Waals surface area contributed by atoms with E-state index in [0.717, 1.165) is 10.9 Å². The molecule has 2 heterocycles. The van der Waals surface area contributed by atoms with Crippen molar-refractivity contribution in [1.29, 1.82) is 0 Å². The number of nitrogens with zero attached hydrogens (tertiary/aromatic N) is 2. The van der Waals surface area contributed by atoms with Gasteiger partial charge in [-0.2, -0.15) is 0 Å². The maximum Gasteiger partial charge on any atom is 0.263 e. The summed E-state index contributed by atoms with van der Waals surface area (Å²) in [6, 6.07) is 14.9. The van der Waals surface area contributed by atoms with Gasteiger partial charge in [0.05, 0.1) is 10.4 Å². The molecule has 0 unspecified atom stereocenters. The van der Waals surface area contributed by atoms with Crippen LogP contribution in [0.3, 0.4) is 0 Å². The molecule has 0 bridgehead atoms. The van der Waals surface area contributed by atoms with Crippen LogP contribution in [0.15, 0.2) is 77.3 Å². The van der Waals surface area contributed by atoms with E-state index in [0.29, 0.717) is 11.4 Å². The summed E-state index contributed by atoms with van der Waals surface area (Å²) >= 11 is 1.18. The summed E-state index contributed by atoms with van der Waals surface area (Å²) in [5.74, 6) is 0.193. The highest BCUT2D eigenvalue weighted by atomic mass is 32.2. The topological polar surface area (TPSA) is 110 Å². The van der Waals surface area contributed by atoms with Crippen molar-refractivity contribution in [3.63, 3.8) is 0 Å². The summed E-state index contributed by atoms with van der Waals surface area (Å²) < 4.78 is 32.6. The highest BCUT2D eigenvalue weighted by Gasteiger charge is 2.15. The van der Waals surface area contributed by atoms with E-state index in [-0.39, 0.29) is 22.5 Å². The molecule has 4 rings (SSSR count). The number of hydrogen-bond donors (Lipinski definition) is 2. The second-order valence-electron chi connectivity index (χ2n) is 6.16. The average Bonchev–Trinajstić information content (AvgIpc) is 3.25. The molecule has 2 N–H and O–H groups in total. The normalized spacial score (nSPS) is 11.2. The van der Waals surface area contributed by atoms with Crippen LogP contribution in [0.4, 0.5) is 10.8 Å². The van der Waals surface area contributed by atoms with Crippen LogP contribution in [-0.4, -0.2) is 30.9 Å². The average molecular weight is 441 g/mol. The van der Waals surface area contributed by atoms with E-state index >= 15 is 0 Å². The van der Waals surface area contributed by atoms with Crippen LogP contribution in [0.5, 0.6) is 5.75 Å². The van der Waals surface area contributed by atoms with Crippen molar-refractivity contribution in [1.82, 2.24) is 9.97 Å². The fraction of sp³-hybridized carbons (Fsp3) is 0.0500. The van der Waals surface area contributed by atoms with Gasteiger partial charge in [0.1, 0.15) is 5.75 Å². The van der Waals surface area contributed by atoms with Crippen molar-refractivity contribution in [2.45, 2.75) is 4.90 Å². The second kappa shape index (κ2) is 8.47. The van der Waals surface area contributed by atoms with Crippen molar-refractivity contribution in [3.05, 3.63) is 72.4 Å². The van der Waals surface area contributed by atoms with Gasteiger partial charge in [-0.15, -0.1) is 11.3 Å². The van der Waals surface area contributed by atoms with E-state index < -0.39 is 10.0 Å². The minimum Gasteiger partial charge on any atom is -0.484 e. The van der Waals surface area contributed by atoms with Gasteiger partial charge in [-0.25, -0.2) is 13.4 Å². The van der Waals surface area contributed by atoms with E-state index in [1.54, 1.807) is 17.6 Å². The number of sulfonamides is 1. The number of rotatable bonds is 7. The first kappa shape index (κ1) is 19.8. The van der Waals surface area contributed by atoms with Gasteiger partial charge in [0.15, 0.2) is 11.7 Å². The molecular formula is C20H16N4O4S2. The largest absolute Gasteiger partial charge is 0.484 e. The van der Waals surface area contributed by atoms with E-state index in [2.05, 4.69) is 20.0 Å². The molecule has 2 aromatic carbocycles. The molecule has 8 nitrogen and oxygen atoms in total. The Morgan fingerprint density at radius 2 is 1.87 bits per heavy atom. The molecule has 2 aromatic heterocycles. The van der Waals surface area contributed by atoms with Crippen LogP contribution >= 0.6 is 11.3 Å². The number of aromatic nitrogens is 2. The van der Waals surface area contributed by atoms with Crippen molar-refractivity contribution in [2.24, 2.45) is 0 Å². The number of nitrogens with one attached hydrogen (secondary N) is 2. The number of carbonyl (C=O) groups excluding carboxylic acids is 1. The Hall–Kier alpha value is -3.50. The molecular weight excluding hydrogens is 424 g/mol. The number of carbonyl (C=O) groups is 1. The molecule has 0 saturated heterocycles. The van der Waals surface area contributed by atoms with Crippen molar-refractivity contribution in [3.8, 4) is 5.75 Å². The summed E-state index contributed by atoms with van der Waals surface area (Å²) in [5.41, 5.74) is 1.30. The van der Waals surface area contributed by atoms with Crippen LogP contribution in [0, 0.1) is 0 Å². The fourth-order valence-electron chi connectivity index (χ4n) is 2.65. The molecule has 0 fully saturated rings. The zero-order valence-corrected chi connectivity index (χ0v) is 17.1. The summed E-state index contributed by atoms with van der Waals surface area (Å²) in [6.45, 7) is -0.183. The second-order valence-corrected chi connectivity index (χ2v) is 8.74. The van der Waals surface area contributed by atoms with Crippen molar-refractivity contribution in [2.75, 3.05) is 16.6 Å². The highest BCUT2D eigenvalue weighted by molar-refractivity contribution is 7.93. The first-order valence-electron chi connectivity index (χ1n) is 8.79. The van der Waals surface area contributed by atoms with Crippen LogP contribution < -0.4 is 14.8 Å². The van der Waals surface area contributed by atoms with Gasteiger partial charge in [-0.1, -0.05) is 6.07 Å². The Morgan fingerprint density at radius 3 is 2.63 bits per heavy atom. The molecule has 30 heavy (non-hydrogen) atoms. The molecule has 152 valence electrons. The summed E-state index contributed by atoms with van der Waals surface area (Å²) in [6.07, 6.45) is 3.22. The number of thiazole rings is 1. The Balaban J connectivity index is 1.35. The lowest BCUT2D eigenvalue weighted by Gasteiger charge is -2.09. The van der Waals surface area contributed by atoms with Gasteiger partial charge < -0.3 is 10.1 Å². The number of benzene rings is 2. The molecule has 0 aliphatic heterocycles. The van der Waals surface area contributed by atoms with Gasteiger partial charge in [-0.3, -0.25) is 14.5 Å². The maximum absolute atomic E-state index is 12.3. The molecule has 0 saturated carbocycles. The molecule has 1 amide bonds. The number of amides is 1. The van der Waals surface area contributed by atoms with Gasteiger partial charge >= 0.3 is 0 Å². The Bertz CT molecular complexity index is 1270. The van der Waals surface area contributed by atoms with Gasteiger partial charge in [-0.05, 0) is 48.5 Å². The zero-order chi connectivity index (χ0) is 21.0. The molecule has 0 aliphatic rings. The van der Waals surface area contributed by atoms with E-state index in [4.69, 9.17) is 4.74 Å². The maximum atomic E-state index is 12.3. The first-order chi connectivity index (χ1) is 14.5. The van der Waals surface area contributed by atoms with E-state index in [1.165, 1.54) is 41.8 Å². The summed E-state index contributed by atoms with van der Waals surface area (Å²) in [4.78, 5) is 20.4. The molecule has 4 aromatic rings. The monoisotopic (exact) mass is 440 g/mol. The highest BCUT2D eigenvalue weighted by Crippen LogP contribution is 2.20. The van der Waals surface area contributed by atoms with Gasteiger partial charge in [0.2, 0.25) is 0 Å². The van der Waals surface area contributed by atoms with E-state index in [9.17, 15) is 13.2 Å². The van der Waals surface area contributed by atoms with Gasteiger partial charge in [0, 0.05) is 28.8 Å². The fourth-order valence-corrected chi connectivity index (χ4v) is 4.44. The third-order valence-electron chi connectivity index (χ3n) is 4.05. The van der Waals surface area contributed by atoms with Crippen LogP contribution in [0.25, 0.3) is 10.9 Å². The lowest BCUT2D eigenvalue weighted by molar-refractivity contribution is -0.118. The third kappa shape index (κ3) is 4.73. The third-order valence-corrected chi connectivity index (χ3v) is 6.22. The predicted molar refractivity (Wildman–Crippen MR) is 115 cm³/mol. The Morgan fingerprint density at radius 1 is 1.03 bits per heavy atom. The minimum atomic E-state index is -3.74. The van der Waals surface area contributed by atoms with E-state index in [1.807, 2.05) is 24.3 Å².